The number of carbonyl (C=O) groups excluding carboxylic acids is 1. The third-order valence-electron chi connectivity index (χ3n) is 1.96. The molecule has 1 rings (SSSR count). The normalized spacial score (nSPS) is 12.2. The van der Waals surface area contributed by atoms with Crippen molar-refractivity contribution in [3.05, 3.63) is 28.2 Å². The molecule has 1 aromatic rings. The number of ether oxygens (including phenoxy) is 1. The van der Waals surface area contributed by atoms with Crippen LogP contribution >= 0.6 is 0 Å². The summed E-state index contributed by atoms with van der Waals surface area (Å²) in [6.45, 7) is 5.37. The molecule has 0 saturated carbocycles. The van der Waals surface area contributed by atoms with Gasteiger partial charge in [0, 0.05) is 6.07 Å². The maximum atomic E-state index is 11.5. The van der Waals surface area contributed by atoms with Crippen molar-refractivity contribution in [2.75, 3.05) is 6.61 Å². The lowest BCUT2D eigenvalue weighted by atomic mass is 10.3. The maximum absolute atomic E-state index is 11.5. The van der Waals surface area contributed by atoms with Gasteiger partial charge >= 0.3 is 5.97 Å². The van der Waals surface area contributed by atoms with Crippen LogP contribution in [0.3, 0.4) is 0 Å². The van der Waals surface area contributed by atoms with Crippen molar-refractivity contribution in [2.24, 2.45) is 0 Å². The Hall–Kier alpha value is -1.65. The molecule has 0 aliphatic rings. The largest absolute Gasteiger partial charge is 0.464 e. The molecular formula is C10H14N2O3. The van der Waals surface area contributed by atoms with E-state index in [0.29, 0.717) is 6.61 Å². The molecule has 1 aromatic heterocycles. The Bertz CT molecular complexity index is 411. The number of aromatic nitrogens is 2. The van der Waals surface area contributed by atoms with Gasteiger partial charge in [0.1, 0.15) is 0 Å². The molecule has 15 heavy (non-hydrogen) atoms. The third-order valence-corrected chi connectivity index (χ3v) is 1.96. The summed E-state index contributed by atoms with van der Waals surface area (Å²) in [4.78, 5) is 22.8. The lowest BCUT2D eigenvalue weighted by molar-refractivity contribution is -0.147. The second-order valence-electron chi connectivity index (χ2n) is 3.24. The minimum Gasteiger partial charge on any atom is -0.464 e. The van der Waals surface area contributed by atoms with Crippen molar-refractivity contribution in [3.63, 3.8) is 0 Å². The molecular weight excluding hydrogens is 196 g/mol. The molecule has 0 fully saturated rings. The predicted octanol–water partition coefficient (Wildman–Crippen LogP) is 0.676. The highest BCUT2D eigenvalue weighted by Crippen LogP contribution is 2.02. The van der Waals surface area contributed by atoms with Gasteiger partial charge in [-0.05, 0) is 26.3 Å². The fourth-order valence-corrected chi connectivity index (χ4v) is 1.16. The SMILES string of the molecule is CCOC(=O)[C@@H](C)n1ncc(C)cc1=O. The lowest BCUT2D eigenvalue weighted by Crippen LogP contribution is -2.31. The molecule has 0 bridgehead atoms. The van der Waals surface area contributed by atoms with Crippen LogP contribution in [0.2, 0.25) is 0 Å². The molecule has 5 heteroatoms. The van der Waals surface area contributed by atoms with Gasteiger partial charge in [-0.2, -0.15) is 5.10 Å². The van der Waals surface area contributed by atoms with E-state index in [1.165, 1.54) is 12.3 Å². The summed E-state index contributed by atoms with van der Waals surface area (Å²) < 4.78 is 5.92. The zero-order chi connectivity index (χ0) is 11.4. The molecule has 0 saturated heterocycles. The zero-order valence-corrected chi connectivity index (χ0v) is 9.06. The molecule has 1 heterocycles. The van der Waals surface area contributed by atoms with Gasteiger partial charge in [0.25, 0.3) is 5.56 Å². The Kier molecular flexibility index (Phi) is 3.60. The van der Waals surface area contributed by atoms with Crippen LogP contribution in [-0.4, -0.2) is 22.4 Å². The quantitative estimate of drug-likeness (QED) is 0.688. The molecule has 0 amide bonds. The summed E-state index contributed by atoms with van der Waals surface area (Å²) >= 11 is 0. The molecule has 0 aromatic carbocycles. The van der Waals surface area contributed by atoms with E-state index >= 15 is 0 Å². The number of rotatable bonds is 3. The van der Waals surface area contributed by atoms with E-state index in [0.717, 1.165) is 10.2 Å². The van der Waals surface area contributed by atoms with Gasteiger partial charge < -0.3 is 4.74 Å². The Labute approximate surface area is 87.7 Å². The molecule has 0 unspecified atom stereocenters. The van der Waals surface area contributed by atoms with Crippen molar-refractivity contribution >= 4 is 5.97 Å². The molecule has 1 atom stereocenters. The smallest absolute Gasteiger partial charge is 0.330 e. The number of nitrogens with zero attached hydrogens (tertiary/aromatic N) is 2. The van der Waals surface area contributed by atoms with Crippen LogP contribution in [0.1, 0.15) is 25.5 Å². The van der Waals surface area contributed by atoms with Gasteiger partial charge in [0.05, 0.1) is 12.8 Å². The summed E-state index contributed by atoms with van der Waals surface area (Å²) in [7, 11) is 0. The van der Waals surface area contributed by atoms with Gasteiger partial charge in [-0.15, -0.1) is 0 Å². The number of hydrogen-bond acceptors (Lipinski definition) is 4. The Balaban J connectivity index is 2.96. The molecule has 0 aliphatic heterocycles. The van der Waals surface area contributed by atoms with Crippen LogP contribution in [-0.2, 0) is 9.53 Å². The Morgan fingerprint density at radius 2 is 2.33 bits per heavy atom. The van der Waals surface area contributed by atoms with Crippen molar-refractivity contribution in [3.8, 4) is 0 Å². The molecule has 5 nitrogen and oxygen atoms in total. The first-order valence-electron chi connectivity index (χ1n) is 4.78. The highest BCUT2D eigenvalue weighted by molar-refractivity contribution is 5.73. The average Bonchev–Trinajstić information content (AvgIpc) is 2.17. The van der Waals surface area contributed by atoms with E-state index in [9.17, 15) is 9.59 Å². The molecule has 0 aliphatic carbocycles. The van der Waals surface area contributed by atoms with Crippen molar-refractivity contribution in [1.82, 2.24) is 9.78 Å². The number of aryl methyl sites for hydroxylation is 1. The second-order valence-corrected chi connectivity index (χ2v) is 3.24. The summed E-state index contributed by atoms with van der Waals surface area (Å²) in [5.74, 6) is -0.448. The van der Waals surface area contributed by atoms with Gasteiger partial charge in [-0.1, -0.05) is 0 Å². The van der Waals surface area contributed by atoms with Gasteiger partial charge in [0.15, 0.2) is 6.04 Å². The van der Waals surface area contributed by atoms with Crippen LogP contribution in [0.5, 0.6) is 0 Å². The fraction of sp³-hybridized carbons (Fsp3) is 0.500. The number of esters is 1. The Morgan fingerprint density at radius 3 is 2.87 bits per heavy atom. The minimum absolute atomic E-state index is 0.295. The number of hydrogen-bond donors (Lipinski definition) is 0. The average molecular weight is 210 g/mol. The first-order chi connectivity index (χ1) is 7.06. The highest BCUT2D eigenvalue weighted by atomic mass is 16.5. The van der Waals surface area contributed by atoms with Crippen LogP contribution < -0.4 is 5.56 Å². The van der Waals surface area contributed by atoms with Gasteiger partial charge in [-0.25, -0.2) is 9.48 Å². The maximum Gasteiger partial charge on any atom is 0.330 e. The summed E-state index contributed by atoms with van der Waals surface area (Å²) in [6.07, 6.45) is 1.54. The van der Waals surface area contributed by atoms with E-state index < -0.39 is 12.0 Å². The third kappa shape index (κ3) is 2.65. The van der Waals surface area contributed by atoms with E-state index in [1.54, 1.807) is 20.8 Å². The van der Waals surface area contributed by atoms with E-state index in [4.69, 9.17) is 4.74 Å². The molecule has 0 spiro atoms. The number of carbonyl (C=O) groups is 1. The van der Waals surface area contributed by atoms with Crippen LogP contribution in [0.4, 0.5) is 0 Å². The van der Waals surface area contributed by atoms with E-state index in [1.807, 2.05) is 0 Å². The van der Waals surface area contributed by atoms with Gasteiger partial charge in [-0.3, -0.25) is 4.79 Å². The minimum atomic E-state index is -0.682. The zero-order valence-electron chi connectivity index (χ0n) is 9.06. The molecule has 0 N–H and O–H groups in total. The fourth-order valence-electron chi connectivity index (χ4n) is 1.16. The van der Waals surface area contributed by atoms with Crippen LogP contribution in [0.15, 0.2) is 17.1 Å². The van der Waals surface area contributed by atoms with Crippen molar-refractivity contribution in [2.45, 2.75) is 26.8 Å². The highest BCUT2D eigenvalue weighted by Gasteiger charge is 2.17. The van der Waals surface area contributed by atoms with Crippen molar-refractivity contribution < 1.29 is 9.53 Å². The summed E-state index contributed by atoms with van der Waals surface area (Å²) in [6, 6.07) is 0.751. The monoisotopic (exact) mass is 210 g/mol. The Morgan fingerprint density at radius 1 is 1.67 bits per heavy atom. The molecule has 82 valence electrons. The van der Waals surface area contributed by atoms with E-state index in [2.05, 4.69) is 5.10 Å². The first kappa shape index (κ1) is 11.4. The van der Waals surface area contributed by atoms with Crippen LogP contribution in [0.25, 0.3) is 0 Å². The second kappa shape index (κ2) is 4.72. The van der Waals surface area contributed by atoms with Gasteiger partial charge in [0.2, 0.25) is 0 Å². The first-order valence-corrected chi connectivity index (χ1v) is 4.78. The topological polar surface area (TPSA) is 61.2 Å². The van der Waals surface area contributed by atoms with Crippen molar-refractivity contribution in [1.29, 1.82) is 0 Å². The summed E-state index contributed by atoms with van der Waals surface area (Å²) in [5, 5.41) is 3.88. The lowest BCUT2D eigenvalue weighted by Gasteiger charge is -2.11. The predicted molar refractivity (Wildman–Crippen MR) is 54.6 cm³/mol. The summed E-state index contributed by atoms with van der Waals surface area (Å²) in [5.41, 5.74) is 0.475. The van der Waals surface area contributed by atoms with E-state index in [-0.39, 0.29) is 5.56 Å². The van der Waals surface area contributed by atoms with Crippen LogP contribution in [0, 0.1) is 6.92 Å². The molecule has 0 radical (unpaired) electrons. The standard InChI is InChI=1S/C10H14N2O3/c1-4-15-10(14)8(3)12-9(13)5-7(2)6-11-12/h5-6,8H,4H2,1-3H3/t8-/m1/s1.